The fraction of sp³-hybridized carbons (Fsp3) is 0.183. The van der Waals surface area contributed by atoms with Crippen LogP contribution in [0.5, 0.6) is 0 Å². The van der Waals surface area contributed by atoms with Crippen molar-refractivity contribution in [1.29, 1.82) is 0 Å². The summed E-state index contributed by atoms with van der Waals surface area (Å²) in [7, 11) is 8.56. The molecule has 8 heterocycles. The first-order chi connectivity index (χ1) is 65.7. The smallest absolute Gasteiger partial charge is 0.295 e. The van der Waals surface area contributed by atoms with Crippen LogP contribution < -0.4 is 18.3 Å². The van der Waals surface area contributed by atoms with Gasteiger partial charge in [-0.3, -0.25) is 0 Å². The Kier molecular flexibility index (Phi) is 23.0. The van der Waals surface area contributed by atoms with Gasteiger partial charge < -0.3 is 17.7 Å². The van der Waals surface area contributed by atoms with Crippen molar-refractivity contribution in [3.63, 3.8) is 0 Å². The molecule has 0 aliphatic rings. The minimum atomic E-state index is 0.122. The maximum absolute atomic E-state index is 6.00. The van der Waals surface area contributed by atoms with Gasteiger partial charge in [-0.05, 0) is 240 Å². The second-order valence-corrected chi connectivity index (χ2v) is 37.6. The molecule has 0 saturated heterocycles. The van der Waals surface area contributed by atoms with Crippen molar-refractivity contribution in [2.24, 2.45) is 28.2 Å². The molecule has 0 aliphatic heterocycles. The molecule has 0 bridgehead atoms. The van der Waals surface area contributed by atoms with Crippen molar-refractivity contribution in [2.75, 3.05) is 0 Å². The Labute approximate surface area is 792 Å². The summed E-state index contributed by atoms with van der Waals surface area (Å²) >= 11 is 0. The average molecular weight is 1790 g/mol. The number of hydrogen-bond acceptors (Lipinski definition) is 8. The van der Waals surface area contributed by atoms with Crippen LogP contribution in [0, 0.1) is 55.4 Å². The molecule has 672 valence electrons. The number of aromatic nitrogens is 12. The zero-order valence-corrected chi connectivity index (χ0v) is 80.8. The van der Waals surface area contributed by atoms with E-state index in [0.717, 1.165) is 129 Å². The van der Waals surface area contributed by atoms with Crippen molar-refractivity contribution in [3.05, 3.63) is 384 Å². The maximum atomic E-state index is 6.00. The molecule has 0 saturated carbocycles. The third kappa shape index (κ3) is 16.1. The molecule has 0 radical (unpaired) electrons. The van der Waals surface area contributed by atoms with Crippen LogP contribution in [0.15, 0.2) is 339 Å². The summed E-state index contributed by atoms with van der Waals surface area (Å²) in [5, 5.41) is 0. The Morgan fingerprint density at radius 1 is 0.265 bits per heavy atom. The summed E-state index contributed by atoms with van der Waals surface area (Å²) in [6.45, 7) is 32.1. The molecule has 16 nitrogen and oxygen atoms in total. The molecule has 0 N–H and O–H groups in total. The lowest BCUT2D eigenvalue weighted by molar-refractivity contribution is -0.634. The predicted molar refractivity (Wildman–Crippen MR) is 551 cm³/mol. The van der Waals surface area contributed by atoms with Gasteiger partial charge in [0.2, 0.25) is 0 Å². The Morgan fingerprint density at radius 3 is 0.897 bits per heavy atom. The van der Waals surface area contributed by atoms with Crippen molar-refractivity contribution in [3.8, 4) is 102 Å². The number of imidazole rings is 4. The number of para-hydroxylation sites is 9. The van der Waals surface area contributed by atoms with Gasteiger partial charge in [0.15, 0.2) is 90.0 Å². The largest absolute Gasteiger partial charge is 0.441 e. The van der Waals surface area contributed by atoms with Crippen molar-refractivity contribution in [2.45, 2.75) is 121 Å². The molecule has 8 aromatic heterocycles. The molecule has 0 spiro atoms. The molecule has 15 aromatic carbocycles. The highest BCUT2D eigenvalue weighted by Gasteiger charge is 2.36. The van der Waals surface area contributed by atoms with E-state index in [1.807, 2.05) is 33.8 Å². The number of fused-ring (bicyclic) bond motifs is 8. The maximum Gasteiger partial charge on any atom is 0.295 e. The van der Waals surface area contributed by atoms with E-state index >= 15 is 0 Å². The zero-order valence-electron chi connectivity index (χ0n) is 80.8. The molecule has 16 heteroatoms. The Hall–Kier alpha value is -15.9. The number of nitrogens with zero attached hydrogens (tertiary/aromatic N) is 12. The average Bonchev–Trinajstić information content (AvgIpc) is 1.55. The van der Waals surface area contributed by atoms with Crippen molar-refractivity contribution >= 4 is 88.5 Å². The van der Waals surface area contributed by atoms with Gasteiger partial charge in [-0.15, -0.1) is 0 Å². The minimum Gasteiger partial charge on any atom is -0.441 e. The van der Waals surface area contributed by atoms with E-state index in [4.69, 9.17) is 17.7 Å². The summed E-state index contributed by atoms with van der Waals surface area (Å²) in [5.74, 6) is 7.89. The third-order valence-corrected chi connectivity index (χ3v) is 26.6. The number of hydrogen-bond donors (Lipinski definition) is 0. The molecule has 0 fully saturated rings. The summed E-state index contributed by atoms with van der Waals surface area (Å²) in [5.41, 5.74) is 41.6. The molecule has 23 aromatic rings. The van der Waals surface area contributed by atoms with E-state index in [0.29, 0.717) is 35.4 Å². The van der Waals surface area contributed by atoms with E-state index in [1.54, 1.807) is 0 Å². The van der Waals surface area contributed by atoms with E-state index in [9.17, 15) is 0 Å². The van der Waals surface area contributed by atoms with Gasteiger partial charge in [0, 0.05) is 44.4 Å². The Bertz CT molecular complexity index is 8490. The highest BCUT2D eigenvalue weighted by atomic mass is 16.4. The fourth-order valence-corrected chi connectivity index (χ4v) is 19.9. The molecule has 0 aliphatic carbocycles. The van der Waals surface area contributed by atoms with E-state index in [-0.39, 0.29) is 5.41 Å². The summed E-state index contributed by atoms with van der Waals surface area (Å²) in [4.78, 5) is 18.1. The van der Waals surface area contributed by atoms with Crippen LogP contribution >= 0.6 is 0 Å². The van der Waals surface area contributed by atoms with E-state index < -0.39 is 0 Å². The highest BCUT2D eigenvalue weighted by molar-refractivity contribution is 5.92. The lowest BCUT2D eigenvalue weighted by Gasteiger charge is -2.21. The minimum absolute atomic E-state index is 0.122. The molecule has 0 atom stereocenters. The molecular weight excluding hydrogens is 1670 g/mol. The monoisotopic (exact) mass is 1780 g/mol. The van der Waals surface area contributed by atoms with Gasteiger partial charge >= 0.3 is 0 Å². The van der Waals surface area contributed by atoms with Gasteiger partial charge in [0.25, 0.3) is 23.3 Å². The lowest BCUT2D eigenvalue weighted by Crippen LogP contribution is -2.30. The van der Waals surface area contributed by atoms with Crippen molar-refractivity contribution in [1.82, 2.24) is 38.2 Å². The van der Waals surface area contributed by atoms with E-state index in [1.165, 1.54) is 100.0 Å². The first kappa shape index (κ1) is 88.0. The quantitative estimate of drug-likeness (QED) is 0.104. The Morgan fingerprint density at radius 2 is 0.544 bits per heavy atom. The fourth-order valence-electron chi connectivity index (χ4n) is 19.9. The van der Waals surface area contributed by atoms with Gasteiger partial charge in [0.1, 0.15) is 44.8 Å². The topological polar surface area (TPSA) is 139 Å². The van der Waals surface area contributed by atoms with Crippen LogP contribution in [0.25, 0.3) is 190 Å². The number of aryl methyl sites for hydroxylation is 12. The Balaban J connectivity index is 0.000000113. The standard InChI is InChI=1S/C35H36N3O.2C29H24N3O.C27H28N3O/c1-21(2)27-18-26(25-13-9-8-10-14-25)19-28(22(3)4)34(27)38-32-16-12-11-15-31(32)37(7)35(38)29-20-33-30(17-23(29)5)36-24(6)39-33;1-19-17-24-28(33-20(2)30-24)18-23(19)29-31(3)26-15-9-10-16-27(26)32(29)25-14-8-7-13-22(25)21-11-5-4-6-12-21;1-19-17-25-28(33-20(2)30-25)18-24(19)29-31(3)26-11-7-8-12-27(26)32(29)23-15-13-22(14-16-23)21-9-5-4-6-10-21;1-17-15-22-25(31-18(2)28-22)16-21(17)26-29(6)23-9-7-8-10-24(23)30(26)20-13-11-19(12-14-20)27(3,4)5/h8-22H,1-7H3;2*4-18H,1-3H3;7-16H,1-6H3/q4*+1. The molecule has 23 rings (SSSR count). The second-order valence-electron chi connectivity index (χ2n) is 37.6. The van der Waals surface area contributed by atoms with Gasteiger partial charge in [-0.2, -0.15) is 18.3 Å². The zero-order chi connectivity index (χ0) is 94.4. The first-order valence-corrected chi connectivity index (χ1v) is 46.9. The molecule has 0 amide bonds. The summed E-state index contributed by atoms with van der Waals surface area (Å²) in [6.07, 6.45) is 0. The van der Waals surface area contributed by atoms with Crippen molar-refractivity contribution < 1.29 is 35.9 Å². The molecular formula is C120H112N12O4+4. The second kappa shape index (κ2) is 35.5. The predicted octanol–water partition coefficient (Wildman–Crippen LogP) is 28.1. The molecule has 136 heavy (non-hydrogen) atoms. The SMILES string of the molecule is Cc1nc2cc(C)c(-c3n(-c4c(C(C)C)cc(-c5ccccc5)cc4C(C)C)c4ccccc4[n+]3C)cc2o1.Cc1nc2cc(C)c(-c3n(-c4ccc(-c5ccccc5)cc4)c4ccccc4[n+]3C)cc2o1.Cc1nc2cc(C)c(-c3n(-c4ccc(C(C)(C)C)cc4)c4ccccc4[n+]3C)cc2o1.Cc1nc2cc(C)c(-c3n(-c4ccccc4-c4ccccc4)c4ccccc4[n+]3C)cc2o1. The van der Waals surface area contributed by atoms with Gasteiger partial charge in [0.05, 0.1) is 50.4 Å². The number of oxazole rings is 4. The van der Waals surface area contributed by atoms with Gasteiger partial charge in [-0.1, -0.05) is 230 Å². The lowest BCUT2D eigenvalue weighted by atomic mass is 9.87. The third-order valence-electron chi connectivity index (χ3n) is 26.6. The van der Waals surface area contributed by atoms with Crippen LogP contribution in [0.1, 0.15) is 123 Å². The van der Waals surface area contributed by atoms with Gasteiger partial charge in [-0.25, -0.2) is 38.2 Å². The summed E-state index contributed by atoms with van der Waals surface area (Å²) < 4.78 is 42.3. The van der Waals surface area contributed by atoms with Crippen LogP contribution in [-0.4, -0.2) is 38.2 Å². The summed E-state index contributed by atoms with van der Waals surface area (Å²) in [6, 6.07) is 114. The first-order valence-electron chi connectivity index (χ1n) is 46.9. The van der Waals surface area contributed by atoms with Crippen LogP contribution in [0.3, 0.4) is 0 Å². The highest BCUT2D eigenvalue weighted by Crippen LogP contribution is 2.44. The van der Waals surface area contributed by atoms with Crippen LogP contribution in [0.4, 0.5) is 0 Å². The number of benzene rings is 15. The molecule has 0 unspecified atom stereocenters. The number of rotatable bonds is 13. The van der Waals surface area contributed by atoms with Crippen LogP contribution in [-0.2, 0) is 33.6 Å². The normalized spacial score (nSPS) is 11.8. The van der Waals surface area contributed by atoms with E-state index in [2.05, 4.69) is 476 Å². The van der Waals surface area contributed by atoms with Crippen LogP contribution in [0.2, 0.25) is 0 Å².